The monoisotopic (exact) mass is 333 g/mol. The molecule has 0 saturated heterocycles. The highest BCUT2D eigenvalue weighted by Gasteiger charge is 2.27. The Kier molecular flexibility index (Phi) is 5.27. The van der Waals surface area contributed by atoms with E-state index in [4.69, 9.17) is 10.7 Å². The molecule has 0 atom stereocenters. The Morgan fingerprint density at radius 2 is 2.10 bits per heavy atom. The summed E-state index contributed by atoms with van der Waals surface area (Å²) in [5, 5.41) is 9.10. The van der Waals surface area contributed by atoms with Gasteiger partial charge in [-0.15, -0.1) is 0 Å². The van der Waals surface area contributed by atoms with Crippen molar-refractivity contribution in [2.24, 2.45) is 5.92 Å². The van der Waals surface area contributed by atoms with Crippen molar-refractivity contribution in [3.63, 3.8) is 0 Å². The first-order valence-electron chi connectivity index (χ1n) is 7.23. The van der Waals surface area contributed by atoms with Crippen molar-refractivity contribution in [2.75, 3.05) is 6.54 Å². The summed E-state index contributed by atoms with van der Waals surface area (Å²) in [4.78, 5) is 11.9. The molecule has 0 spiro atoms. The average molecular weight is 334 g/mol. The molecule has 0 unspecified atom stereocenters. The Morgan fingerprint density at radius 1 is 1.43 bits per heavy atom. The number of hydrogen-bond acceptors (Lipinski definition) is 4. The number of carbonyl (C=O) groups excluding carboxylic acids is 1. The number of nitrogens with one attached hydrogen (secondary N) is 2. The largest absolute Gasteiger partial charge is 0.351 e. The van der Waals surface area contributed by atoms with Crippen LogP contribution in [0.15, 0.2) is 4.90 Å². The molecule has 2 N–H and O–H groups in total. The lowest BCUT2D eigenvalue weighted by Crippen LogP contribution is -2.27. The van der Waals surface area contributed by atoms with Gasteiger partial charge in [0, 0.05) is 17.2 Å². The fourth-order valence-electron chi connectivity index (χ4n) is 2.80. The van der Waals surface area contributed by atoms with E-state index in [1.54, 1.807) is 6.92 Å². The molecule has 2 rings (SSSR count). The molecule has 1 aromatic heterocycles. The van der Waals surface area contributed by atoms with Gasteiger partial charge in [0.05, 0.1) is 5.69 Å². The summed E-state index contributed by atoms with van der Waals surface area (Å²) in [6.07, 6.45) is 6.25. The highest BCUT2D eigenvalue weighted by Crippen LogP contribution is 2.27. The first kappa shape index (κ1) is 16.3. The van der Waals surface area contributed by atoms with Crippen LogP contribution in [0.2, 0.25) is 0 Å². The molecule has 0 aliphatic heterocycles. The molecule has 118 valence electrons. The quantitative estimate of drug-likeness (QED) is 0.781. The maximum absolute atomic E-state index is 12.1. The van der Waals surface area contributed by atoms with Gasteiger partial charge in [-0.05, 0) is 18.8 Å². The van der Waals surface area contributed by atoms with E-state index in [0.29, 0.717) is 24.6 Å². The summed E-state index contributed by atoms with van der Waals surface area (Å²) in [7, 11) is 1.40. The summed E-state index contributed by atoms with van der Waals surface area (Å²) in [5.74, 6) is 0.162. The van der Waals surface area contributed by atoms with Gasteiger partial charge in [0.25, 0.3) is 15.0 Å². The third kappa shape index (κ3) is 3.97. The second kappa shape index (κ2) is 6.79. The van der Waals surface area contributed by atoms with Crippen LogP contribution in [0.5, 0.6) is 0 Å². The van der Waals surface area contributed by atoms with E-state index >= 15 is 0 Å². The van der Waals surface area contributed by atoms with Crippen LogP contribution in [0, 0.1) is 5.92 Å². The molecule has 21 heavy (non-hydrogen) atoms. The van der Waals surface area contributed by atoms with Crippen molar-refractivity contribution in [3.8, 4) is 0 Å². The minimum Gasteiger partial charge on any atom is -0.351 e. The third-order valence-electron chi connectivity index (χ3n) is 3.92. The maximum atomic E-state index is 12.1. The number of aromatic amines is 1. The molecule has 1 heterocycles. The molecule has 1 saturated carbocycles. The second-order valence-corrected chi connectivity index (χ2v) is 7.87. The normalized spacial score (nSPS) is 16.3. The first-order chi connectivity index (χ1) is 9.93. The van der Waals surface area contributed by atoms with Gasteiger partial charge in [-0.2, -0.15) is 5.10 Å². The van der Waals surface area contributed by atoms with Gasteiger partial charge >= 0.3 is 0 Å². The molecule has 0 radical (unpaired) electrons. The highest BCUT2D eigenvalue weighted by atomic mass is 35.7. The zero-order valence-corrected chi connectivity index (χ0v) is 13.6. The van der Waals surface area contributed by atoms with E-state index in [9.17, 15) is 13.2 Å². The minimum absolute atomic E-state index is 0.145. The van der Waals surface area contributed by atoms with Crippen molar-refractivity contribution >= 4 is 25.6 Å². The third-order valence-corrected chi connectivity index (χ3v) is 5.31. The van der Waals surface area contributed by atoms with E-state index in [2.05, 4.69) is 15.5 Å². The number of amides is 1. The van der Waals surface area contributed by atoms with E-state index < -0.39 is 15.0 Å². The van der Waals surface area contributed by atoms with Crippen molar-refractivity contribution in [1.82, 2.24) is 15.5 Å². The topological polar surface area (TPSA) is 91.9 Å². The van der Waals surface area contributed by atoms with Crippen molar-refractivity contribution in [1.29, 1.82) is 0 Å². The maximum Gasteiger partial charge on any atom is 0.273 e. The van der Waals surface area contributed by atoms with Crippen molar-refractivity contribution < 1.29 is 13.2 Å². The first-order valence-corrected chi connectivity index (χ1v) is 9.54. The van der Waals surface area contributed by atoms with Crippen LogP contribution in [0.1, 0.15) is 55.2 Å². The van der Waals surface area contributed by atoms with Crippen LogP contribution in [0.3, 0.4) is 0 Å². The van der Waals surface area contributed by atoms with Crippen molar-refractivity contribution in [3.05, 3.63) is 11.4 Å². The van der Waals surface area contributed by atoms with Gasteiger partial charge in [-0.25, -0.2) is 8.42 Å². The number of halogens is 1. The lowest BCUT2D eigenvalue weighted by atomic mass is 10.0. The van der Waals surface area contributed by atoms with E-state index in [1.165, 1.54) is 25.7 Å². The van der Waals surface area contributed by atoms with Crippen LogP contribution in [-0.4, -0.2) is 31.1 Å². The Labute approximate surface area is 129 Å². The van der Waals surface area contributed by atoms with Gasteiger partial charge in [0.15, 0.2) is 5.69 Å². The second-order valence-electron chi connectivity index (χ2n) is 5.37. The smallest absolute Gasteiger partial charge is 0.273 e. The lowest BCUT2D eigenvalue weighted by molar-refractivity contribution is 0.0943. The molecule has 1 fully saturated rings. The Morgan fingerprint density at radius 3 is 2.67 bits per heavy atom. The summed E-state index contributed by atoms with van der Waals surface area (Å²) in [5.41, 5.74) is 0.208. The van der Waals surface area contributed by atoms with Crippen molar-refractivity contribution in [2.45, 2.75) is 50.3 Å². The van der Waals surface area contributed by atoms with E-state index in [1.807, 2.05) is 0 Å². The van der Waals surface area contributed by atoms with Gasteiger partial charge in [0.2, 0.25) is 0 Å². The van der Waals surface area contributed by atoms with Gasteiger partial charge in [-0.3, -0.25) is 9.89 Å². The SMILES string of the molecule is CCc1[nH]nc(C(=O)NCCC2CCCC2)c1S(=O)(=O)Cl. The number of rotatable bonds is 6. The number of hydrogen-bond donors (Lipinski definition) is 2. The van der Waals surface area contributed by atoms with Gasteiger partial charge in [0.1, 0.15) is 4.90 Å². The van der Waals surface area contributed by atoms with Crippen LogP contribution in [0.4, 0.5) is 0 Å². The van der Waals surface area contributed by atoms with Gasteiger partial charge in [-0.1, -0.05) is 32.6 Å². The number of H-pyrrole nitrogens is 1. The lowest BCUT2D eigenvalue weighted by Gasteiger charge is -2.09. The van der Waals surface area contributed by atoms with Gasteiger partial charge < -0.3 is 5.32 Å². The summed E-state index contributed by atoms with van der Waals surface area (Å²) >= 11 is 0. The number of aromatic nitrogens is 2. The summed E-state index contributed by atoms with van der Waals surface area (Å²) < 4.78 is 23.2. The molecule has 1 aliphatic carbocycles. The summed E-state index contributed by atoms with van der Waals surface area (Å²) in [6.45, 7) is 2.29. The average Bonchev–Trinajstić information content (AvgIpc) is 3.06. The molecular weight excluding hydrogens is 314 g/mol. The fourth-order valence-corrected chi connectivity index (χ4v) is 4.15. The van der Waals surface area contributed by atoms with E-state index in [-0.39, 0.29) is 10.6 Å². The molecule has 1 aromatic rings. The number of nitrogens with zero attached hydrogens (tertiary/aromatic N) is 1. The molecule has 0 aromatic carbocycles. The molecule has 6 nitrogen and oxygen atoms in total. The van der Waals surface area contributed by atoms with Crippen LogP contribution >= 0.6 is 10.7 Å². The minimum atomic E-state index is -4.00. The number of carbonyl (C=O) groups is 1. The molecule has 0 bridgehead atoms. The van der Waals surface area contributed by atoms with Crippen LogP contribution in [-0.2, 0) is 15.5 Å². The number of aryl methyl sites for hydroxylation is 1. The van der Waals surface area contributed by atoms with Crippen LogP contribution in [0.25, 0.3) is 0 Å². The predicted octanol–water partition coefficient (Wildman–Crippen LogP) is 2.21. The predicted molar refractivity (Wildman–Crippen MR) is 79.9 cm³/mol. The zero-order chi connectivity index (χ0) is 15.5. The fraction of sp³-hybridized carbons (Fsp3) is 0.692. The molecular formula is C13H20ClN3O3S. The summed E-state index contributed by atoms with van der Waals surface area (Å²) in [6, 6.07) is 0. The van der Waals surface area contributed by atoms with E-state index in [0.717, 1.165) is 6.42 Å². The molecule has 1 aliphatic rings. The molecule has 8 heteroatoms. The highest BCUT2D eigenvalue weighted by molar-refractivity contribution is 8.13. The zero-order valence-electron chi connectivity index (χ0n) is 12.0. The van der Waals surface area contributed by atoms with Crippen LogP contribution < -0.4 is 5.32 Å². The Bertz CT molecular complexity index is 606. The standard InChI is InChI=1S/C13H20ClN3O3S/c1-2-10-12(21(14,19)20)11(17-16-10)13(18)15-8-7-9-5-3-4-6-9/h9H,2-8H2,1H3,(H,15,18)(H,16,17). The Hall–Kier alpha value is -1.08. The molecule has 1 amide bonds. The Balaban J connectivity index is 2.03.